The molecule has 0 saturated carbocycles. The number of nitrogens with one attached hydrogen (secondary N) is 1. The molecule has 1 aromatic heterocycles. The van der Waals surface area contributed by atoms with Gasteiger partial charge in [0.05, 0.1) is 5.02 Å². The average molecular weight is 298 g/mol. The van der Waals surface area contributed by atoms with E-state index in [0.717, 1.165) is 19.6 Å². The zero-order chi connectivity index (χ0) is 14.4. The Kier molecular flexibility index (Phi) is 5.38. The fourth-order valence-electron chi connectivity index (χ4n) is 1.80. The summed E-state index contributed by atoms with van der Waals surface area (Å²) < 4.78 is 20.6. The van der Waals surface area contributed by atoms with Crippen molar-refractivity contribution < 1.29 is 9.13 Å². The van der Waals surface area contributed by atoms with Gasteiger partial charge in [-0.05, 0) is 31.5 Å². The second kappa shape index (κ2) is 7.26. The van der Waals surface area contributed by atoms with Gasteiger partial charge in [0.25, 0.3) is 0 Å². The van der Waals surface area contributed by atoms with Crippen LogP contribution in [-0.4, -0.2) is 22.8 Å². The van der Waals surface area contributed by atoms with Crippen molar-refractivity contribution in [1.29, 1.82) is 0 Å². The molecule has 0 unspecified atom stereocenters. The van der Waals surface area contributed by atoms with E-state index in [1.807, 2.05) is 17.7 Å². The van der Waals surface area contributed by atoms with Crippen LogP contribution in [0.15, 0.2) is 30.6 Å². The molecule has 1 heterocycles. The van der Waals surface area contributed by atoms with E-state index < -0.39 is 5.82 Å². The Morgan fingerprint density at radius 3 is 3.05 bits per heavy atom. The van der Waals surface area contributed by atoms with Crippen LogP contribution in [0.25, 0.3) is 0 Å². The maximum Gasteiger partial charge on any atom is 0.207 e. The number of anilines is 2. The van der Waals surface area contributed by atoms with Crippen molar-refractivity contribution in [2.24, 2.45) is 0 Å². The third-order valence-corrected chi connectivity index (χ3v) is 3.09. The standard InChI is InChI=1S/C14H17ClFN3O/c1-2-20-9-3-7-19-8-6-17-14(19)18-11-4-5-12(15)13(16)10-11/h4-6,8,10H,2-3,7,9H2,1H3,(H,17,18). The molecule has 2 aromatic rings. The van der Waals surface area contributed by atoms with Crippen LogP contribution >= 0.6 is 11.6 Å². The van der Waals surface area contributed by atoms with E-state index in [0.29, 0.717) is 18.2 Å². The van der Waals surface area contributed by atoms with Crippen LogP contribution in [0.2, 0.25) is 5.02 Å². The molecule has 0 aliphatic heterocycles. The molecule has 2 rings (SSSR count). The van der Waals surface area contributed by atoms with Gasteiger partial charge in [-0.3, -0.25) is 0 Å². The summed E-state index contributed by atoms with van der Waals surface area (Å²) in [7, 11) is 0. The Hall–Kier alpha value is -1.59. The zero-order valence-electron chi connectivity index (χ0n) is 11.3. The summed E-state index contributed by atoms with van der Waals surface area (Å²) >= 11 is 5.65. The molecule has 108 valence electrons. The molecule has 0 fully saturated rings. The number of hydrogen-bond acceptors (Lipinski definition) is 3. The minimum Gasteiger partial charge on any atom is -0.382 e. The normalized spacial score (nSPS) is 10.8. The van der Waals surface area contributed by atoms with Crippen molar-refractivity contribution >= 4 is 23.2 Å². The number of aromatic nitrogens is 2. The van der Waals surface area contributed by atoms with E-state index in [1.165, 1.54) is 12.1 Å². The summed E-state index contributed by atoms with van der Waals surface area (Å²) in [4.78, 5) is 4.22. The third-order valence-electron chi connectivity index (χ3n) is 2.78. The first-order valence-electron chi connectivity index (χ1n) is 6.51. The van der Waals surface area contributed by atoms with Crippen LogP contribution in [0, 0.1) is 5.82 Å². The predicted octanol–water partition coefficient (Wildman–Crippen LogP) is 3.85. The van der Waals surface area contributed by atoms with Crippen molar-refractivity contribution in [2.75, 3.05) is 18.5 Å². The van der Waals surface area contributed by atoms with Crippen LogP contribution in [0.1, 0.15) is 13.3 Å². The fourth-order valence-corrected chi connectivity index (χ4v) is 1.92. The van der Waals surface area contributed by atoms with E-state index in [2.05, 4.69) is 10.3 Å². The lowest BCUT2D eigenvalue weighted by Gasteiger charge is -2.10. The Bertz CT molecular complexity index is 559. The highest BCUT2D eigenvalue weighted by atomic mass is 35.5. The van der Waals surface area contributed by atoms with Crippen molar-refractivity contribution in [3.8, 4) is 0 Å². The number of hydrogen-bond donors (Lipinski definition) is 1. The Morgan fingerprint density at radius 2 is 2.30 bits per heavy atom. The van der Waals surface area contributed by atoms with Crippen molar-refractivity contribution in [2.45, 2.75) is 19.9 Å². The molecule has 20 heavy (non-hydrogen) atoms. The molecule has 1 N–H and O–H groups in total. The second-order valence-corrected chi connectivity index (χ2v) is 4.66. The fraction of sp³-hybridized carbons (Fsp3) is 0.357. The van der Waals surface area contributed by atoms with Crippen LogP contribution in [0.4, 0.5) is 16.0 Å². The Labute approximate surface area is 122 Å². The van der Waals surface area contributed by atoms with Gasteiger partial charge in [0.15, 0.2) is 0 Å². The highest BCUT2D eigenvalue weighted by Gasteiger charge is 2.05. The maximum atomic E-state index is 13.4. The van der Waals surface area contributed by atoms with Crippen molar-refractivity contribution in [3.63, 3.8) is 0 Å². The van der Waals surface area contributed by atoms with Gasteiger partial charge in [0, 0.05) is 37.8 Å². The number of aryl methyl sites for hydroxylation is 1. The van der Waals surface area contributed by atoms with Gasteiger partial charge >= 0.3 is 0 Å². The largest absolute Gasteiger partial charge is 0.382 e. The molecule has 4 nitrogen and oxygen atoms in total. The van der Waals surface area contributed by atoms with E-state index in [-0.39, 0.29) is 5.02 Å². The summed E-state index contributed by atoms with van der Waals surface area (Å²) in [6.07, 6.45) is 4.48. The number of imidazole rings is 1. The van der Waals surface area contributed by atoms with Gasteiger partial charge in [0.1, 0.15) is 5.82 Å². The number of ether oxygens (including phenoxy) is 1. The number of halogens is 2. The maximum absolute atomic E-state index is 13.4. The zero-order valence-corrected chi connectivity index (χ0v) is 12.0. The first-order valence-corrected chi connectivity index (χ1v) is 6.89. The van der Waals surface area contributed by atoms with Crippen LogP contribution in [0.3, 0.4) is 0 Å². The average Bonchev–Trinajstić information content (AvgIpc) is 2.86. The molecular formula is C14H17ClFN3O. The summed E-state index contributed by atoms with van der Waals surface area (Å²) in [6, 6.07) is 4.58. The number of rotatable bonds is 7. The summed E-state index contributed by atoms with van der Waals surface area (Å²) in [5.41, 5.74) is 0.615. The minimum absolute atomic E-state index is 0.107. The van der Waals surface area contributed by atoms with E-state index >= 15 is 0 Å². The highest BCUT2D eigenvalue weighted by molar-refractivity contribution is 6.30. The summed E-state index contributed by atoms with van der Waals surface area (Å²) in [5, 5.41) is 3.18. The van der Waals surface area contributed by atoms with Crippen LogP contribution in [0.5, 0.6) is 0 Å². The lowest BCUT2D eigenvalue weighted by atomic mass is 10.3. The molecule has 1 aromatic carbocycles. The van der Waals surface area contributed by atoms with Crippen molar-refractivity contribution in [3.05, 3.63) is 41.4 Å². The van der Waals surface area contributed by atoms with Gasteiger partial charge in [-0.2, -0.15) is 0 Å². The number of nitrogens with zero attached hydrogens (tertiary/aromatic N) is 2. The highest BCUT2D eigenvalue weighted by Crippen LogP contribution is 2.21. The molecule has 0 radical (unpaired) electrons. The van der Waals surface area contributed by atoms with Gasteiger partial charge in [0.2, 0.25) is 5.95 Å². The van der Waals surface area contributed by atoms with E-state index in [4.69, 9.17) is 16.3 Å². The summed E-state index contributed by atoms with van der Waals surface area (Å²) in [5.74, 6) is 0.217. The molecular weight excluding hydrogens is 281 g/mol. The second-order valence-electron chi connectivity index (χ2n) is 4.25. The molecule has 6 heteroatoms. The molecule has 0 atom stereocenters. The number of benzene rings is 1. The van der Waals surface area contributed by atoms with Gasteiger partial charge in [-0.1, -0.05) is 11.6 Å². The Morgan fingerprint density at radius 1 is 1.45 bits per heavy atom. The monoisotopic (exact) mass is 297 g/mol. The van der Waals surface area contributed by atoms with E-state index in [9.17, 15) is 4.39 Å². The topological polar surface area (TPSA) is 39.1 Å². The molecule has 0 spiro atoms. The van der Waals surface area contributed by atoms with Crippen LogP contribution in [-0.2, 0) is 11.3 Å². The lowest BCUT2D eigenvalue weighted by Crippen LogP contribution is -2.06. The third kappa shape index (κ3) is 3.95. The van der Waals surface area contributed by atoms with Gasteiger partial charge < -0.3 is 14.6 Å². The molecule has 0 aliphatic rings. The van der Waals surface area contributed by atoms with Gasteiger partial charge in [-0.15, -0.1) is 0 Å². The molecule has 0 saturated heterocycles. The lowest BCUT2D eigenvalue weighted by molar-refractivity contribution is 0.142. The summed E-state index contributed by atoms with van der Waals surface area (Å²) in [6.45, 7) is 4.19. The molecule has 0 bridgehead atoms. The quantitative estimate of drug-likeness (QED) is 0.789. The first-order chi connectivity index (χ1) is 9.70. The van der Waals surface area contributed by atoms with E-state index in [1.54, 1.807) is 12.3 Å². The first kappa shape index (κ1) is 14.8. The van der Waals surface area contributed by atoms with Gasteiger partial charge in [-0.25, -0.2) is 9.37 Å². The predicted molar refractivity (Wildman–Crippen MR) is 78.0 cm³/mol. The van der Waals surface area contributed by atoms with Crippen LogP contribution < -0.4 is 5.32 Å². The molecule has 0 aliphatic carbocycles. The smallest absolute Gasteiger partial charge is 0.207 e. The Balaban J connectivity index is 1.99. The van der Waals surface area contributed by atoms with Crippen molar-refractivity contribution in [1.82, 2.24) is 9.55 Å². The SMILES string of the molecule is CCOCCCn1ccnc1Nc1ccc(Cl)c(F)c1. The molecule has 0 amide bonds. The minimum atomic E-state index is -0.453.